The Morgan fingerprint density at radius 3 is 2.58 bits per heavy atom. The highest BCUT2D eigenvalue weighted by molar-refractivity contribution is 5.70. The quantitative estimate of drug-likeness (QED) is 0.858. The summed E-state index contributed by atoms with van der Waals surface area (Å²) in [6.45, 7) is 0.951. The van der Waals surface area contributed by atoms with Gasteiger partial charge in [-0.25, -0.2) is 0 Å². The molecule has 0 fully saturated rings. The van der Waals surface area contributed by atoms with Crippen molar-refractivity contribution >= 4 is 11.4 Å². The second kappa shape index (κ2) is 5.22. The molecule has 2 N–H and O–H groups in total. The SMILES string of the molecule is COc1ccccc1[C@@H]1CCNc2ccccc2N1. The number of anilines is 2. The number of para-hydroxylation sites is 3. The van der Waals surface area contributed by atoms with Crippen LogP contribution >= 0.6 is 0 Å². The van der Waals surface area contributed by atoms with E-state index >= 15 is 0 Å². The molecule has 19 heavy (non-hydrogen) atoms. The summed E-state index contributed by atoms with van der Waals surface area (Å²) in [7, 11) is 1.72. The number of methoxy groups -OCH3 is 1. The van der Waals surface area contributed by atoms with E-state index in [4.69, 9.17) is 4.74 Å². The lowest BCUT2D eigenvalue weighted by Gasteiger charge is -2.20. The van der Waals surface area contributed by atoms with Crippen LogP contribution in [0.3, 0.4) is 0 Å². The predicted molar refractivity (Wildman–Crippen MR) is 78.9 cm³/mol. The fraction of sp³-hybridized carbons (Fsp3) is 0.250. The van der Waals surface area contributed by atoms with Gasteiger partial charge in [-0.05, 0) is 24.6 Å². The van der Waals surface area contributed by atoms with E-state index in [2.05, 4.69) is 47.0 Å². The van der Waals surface area contributed by atoms with Gasteiger partial charge in [0.05, 0.1) is 24.5 Å². The van der Waals surface area contributed by atoms with Gasteiger partial charge in [-0.1, -0.05) is 30.3 Å². The van der Waals surface area contributed by atoms with Crippen LogP contribution in [0.15, 0.2) is 48.5 Å². The van der Waals surface area contributed by atoms with Crippen LogP contribution in [0.5, 0.6) is 5.75 Å². The number of hydrogen-bond acceptors (Lipinski definition) is 3. The largest absolute Gasteiger partial charge is 0.496 e. The molecule has 1 atom stereocenters. The van der Waals surface area contributed by atoms with E-state index in [1.54, 1.807) is 7.11 Å². The number of nitrogens with one attached hydrogen (secondary N) is 2. The van der Waals surface area contributed by atoms with Gasteiger partial charge in [-0.3, -0.25) is 0 Å². The number of ether oxygens (including phenoxy) is 1. The van der Waals surface area contributed by atoms with Gasteiger partial charge in [0, 0.05) is 12.1 Å². The van der Waals surface area contributed by atoms with Crippen LogP contribution in [0.2, 0.25) is 0 Å². The molecule has 1 aliphatic rings. The molecule has 1 aliphatic heterocycles. The Labute approximate surface area is 113 Å². The number of benzene rings is 2. The third kappa shape index (κ3) is 2.36. The lowest BCUT2D eigenvalue weighted by atomic mass is 10.0. The van der Waals surface area contributed by atoms with E-state index in [9.17, 15) is 0 Å². The Bertz CT molecular complexity index is 568. The van der Waals surface area contributed by atoms with Gasteiger partial charge in [0.25, 0.3) is 0 Å². The minimum atomic E-state index is 0.271. The second-order valence-corrected chi connectivity index (χ2v) is 4.70. The van der Waals surface area contributed by atoms with Crippen LogP contribution in [0, 0.1) is 0 Å². The Morgan fingerprint density at radius 2 is 1.74 bits per heavy atom. The summed E-state index contributed by atoms with van der Waals surface area (Å²) in [5.41, 5.74) is 3.53. The normalized spacial score (nSPS) is 17.6. The summed E-state index contributed by atoms with van der Waals surface area (Å²) in [5.74, 6) is 0.944. The van der Waals surface area contributed by atoms with Crippen LogP contribution in [-0.2, 0) is 0 Å². The third-order valence-corrected chi connectivity index (χ3v) is 3.52. The molecule has 0 radical (unpaired) electrons. The van der Waals surface area contributed by atoms with Crippen molar-refractivity contribution in [1.29, 1.82) is 0 Å². The molecule has 0 amide bonds. The van der Waals surface area contributed by atoms with Gasteiger partial charge in [0.1, 0.15) is 5.75 Å². The van der Waals surface area contributed by atoms with Gasteiger partial charge in [0.15, 0.2) is 0 Å². The molecule has 0 saturated heterocycles. The van der Waals surface area contributed by atoms with E-state index in [-0.39, 0.29) is 6.04 Å². The Kier molecular flexibility index (Phi) is 3.27. The molecule has 3 rings (SSSR count). The molecule has 0 aromatic heterocycles. The van der Waals surface area contributed by atoms with Gasteiger partial charge in [-0.2, -0.15) is 0 Å². The minimum Gasteiger partial charge on any atom is -0.496 e. The highest BCUT2D eigenvalue weighted by Gasteiger charge is 2.19. The second-order valence-electron chi connectivity index (χ2n) is 4.70. The first-order valence-electron chi connectivity index (χ1n) is 6.61. The molecule has 3 nitrogen and oxygen atoms in total. The smallest absolute Gasteiger partial charge is 0.124 e. The summed E-state index contributed by atoms with van der Waals surface area (Å²) in [6, 6.07) is 16.8. The summed E-state index contributed by atoms with van der Waals surface area (Å²) < 4.78 is 5.47. The molecule has 2 aromatic rings. The highest BCUT2D eigenvalue weighted by Crippen LogP contribution is 2.34. The third-order valence-electron chi connectivity index (χ3n) is 3.52. The van der Waals surface area contributed by atoms with Crippen molar-refractivity contribution in [3.63, 3.8) is 0 Å². The first kappa shape index (κ1) is 11.9. The van der Waals surface area contributed by atoms with Crippen molar-refractivity contribution in [3.05, 3.63) is 54.1 Å². The average molecular weight is 254 g/mol. The van der Waals surface area contributed by atoms with E-state index in [1.165, 1.54) is 11.3 Å². The van der Waals surface area contributed by atoms with E-state index < -0.39 is 0 Å². The lowest BCUT2D eigenvalue weighted by molar-refractivity contribution is 0.406. The van der Waals surface area contributed by atoms with Crippen LogP contribution in [0.1, 0.15) is 18.0 Å². The first-order valence-corrected chi connectivity index (χ1v) is 6.61. The van der Waals surface area contributed by atoms with Crippen LogP contribution in [0.25, 0.3) is 0 Å². The first-order chi connectivity index (χ1) is 9.38. The Balaban J connectivity index is 1.94. The van der Waals surface area contributed by atoms with Crippen molar-refractivity contribution in [2.75, 3.05) is 24.3 Å². The molecule has 0 aliphatic carbocycles. The molecule has 0 saturated carbocycles. The predicted octanol–water partition coefficient (Wildman–Crippen LogP) is 3.66. The van der Waals surface area contributed by atoms with Crippen molar-refractivity contribution in [2.24, 2.45) is 0 Å². The molecule has 2 aromatic carbocycles. The number of hydrogen-bond donors (Lipinski definition) is 2. The highest BCUT2D eigenvalue weighted by atomic mass is 16.5. The number of rotatable bonds is 2. The zero-order valence-electron chi connectivity index (χ0n) is 11.0. The average Bonchev–Trinajstić information content (AvgIpc) is 2.69. The van der Waals surface area contributed by atoms with E-state index in [0.29, 0.717) is 0 Å². The van der Waals surface area contributed by atoms with Crippen LogP contribution < -0.4 is 15.4 Å². The summed E-state index contributed by atoms with van der Waals surface area (Å²) in [5, 5.41) is 7.07. The van der Waals surface area contributed by atoms with Crippen molar-refractivity contribution < 1.29 is 4.74 Å². The molecule has 0 spiro atoms. The molecule has 3 heteroatoms. The summed E-state index contributed by atoms with van der Waals surface area (Å²) >= 11 is 0. The lowest BCUT2D eigenvalue weighted by Crippen LogP contribution is -2.12. The maximum atomic E-state index is 5.47. The summed E-state index contributed by atoms with van der Waals surface area (Å²) in [6.07, 6.45) is 1.02. The molecule has 0 unspecified atom stereocenters. The standard InChI is InChI=1S/C16H18N2O/c1-19-16-9-5-2-6-12(16)13-10-11-17-14-7-3-4-8-15(14)18-13/h2-9,13,17-18H,10-11H2,1H3/t13-/m0/s1. The van der Waals surface area contributed by atoms with E-state index in [0.717, 1.165) is 24.4 Å². The van der Waals surface area contributed by atoms with Crippen molar-refractivity contribution in [3.8, 4) is 5.75 Å². The maximum Gasteiger partial charge on any atom is 0.124 e. The van der Waals surface area contributed by atoms with Gasteiger partial charge in [-0.15, -0.1) is 0 Å². The van der Waals surface area contributed by atoms with Gasteiger partial charge >= 0.3 is 0 Å². The van der Waals surface area contributed by atoms with Crippen LogP contribution in [-0.4, -0.2) is 13.7 Å². The zero-order chi connectivity index (χ0) is 13.1. The molecular formula is C16H18N2O. The molecule has 1 heterocycles. The molecule has 98 valence electrons. The topological polar surface area (TPSA) is 33.3 Å². The number of fused-ring (bicyclic) bond motifs is 1. The van der Waals surface area contributed by atoms with Crippen molar-refractivity contribution in [1.82, 2.24) is 0 Å². The monoisotopic (exact) mass is 254 g/mol. The van der Waals surface area contributed by atoms with E-state index in [1.807, 2.05) is 12.1 Å². The van der Waals surface area contributed by atoms with Crippen LogP contribution in [0.4, 0.5) is 11.4 Å². The fourth-order valence-electron chi connectivity index (χ4n) is 2.56. The van der Waals surface area contributed by atoms with Crippen molar-refractivity contribution in [2.45, 2.75) is 12.5 Å². The maximum absolute atomic E-state index is 5.47. The Hall–Kier alpha value is -2.16. The van der Waals surface area contributed by atoms with Gasteiger partial charge in [0.2, 0.25) is 0 Å². The molecular weight excluding hydrogens is 236 g/mol. The zero-order valence-corrected chi connectivity index (χ0v) is 11.0. The Morgan fingerprint density at radius 1 is 1.00 bits per heavy atom. The fourth-order valence-corrected chi connectivity index (χ4v) is 2.56. The minimum absolute atomic E-state index is 0.271. The van der Waals surface area contributed by atoms with Gasteiger partial charge < -0.3 is 15.4 Å². The molecule has 0 bridgehead atoms. The summed E-state index contributed by atoms with van der Waals surface area (Å²) in [4.78, 5) is 0.